The molecule has 3 rings (SSSR count). The standard InChI is InChI=1S/C16H16N2/c1-2-5-13(6-3-1)7-4-8-14-11-18-16-12-17-10-9-15(14)16/h1-7,9,11-12,17-18H,8,10H2/b7-4+. The summed E-state index contributed by atoms with van der Waals surface area (Å²) in [5, 5.41) is 5.73. The quantitative estimate of drug-likeness (QED) is 0.828. The summed E-state index contributed by atoms with van der Waals surface area (Å²) in [6.45, 7) is 0.917. The van der Waals surface area contributed by atoms with Gasteiger partial charge in [0.1, 0.15) is 0 Å². The lowest BCUT2D eigenvalue weighted by molar-refractivity contribution is 1.04. The van der Waals surface area contributed by atoms with Crippen molar-refractivity contribution in [3.05, 3.63) is 64.3 Å². The van der Waals surface area contributed by atoms with E-state index in [1.807, 2.05) is 12.3 Å². The van der Waals surface area contributed by atoms with Crippen LogP contribution >= 0.6 is 0 Å². The normalized spacial score (nSPS) is 13.6. The third-order valence-electron chi connectivity index (χ3n) is 3.16. The van der Waals surface area contributed by atoms with E-state index >= 15 is 0 Å². The fourth-order valence-electron chi connectivity index (χ4n) is 2.23. The fourth-order valence-corrected chi connectivity index (χ4v) is 2.23. The van der Waals surface area contributed by atoms with Gasteiger partial charge < -0.3 is 10.3 Å². The highest BCUT2D eigenvalue weighted by Crippen LogP contribution is 2.02. The van der Waals surface area contributed by atoms with Crippen LogP contribution in [0.25, 0.3) is 18.4 Å². The molecule has 0 spiro atoms. The van der Waals surface area contributed by atoms with E-state index in [1.165, 1.54) is 21.7 Å². The lowest BCUT2D eigenvalue weighted by Crippen LogP contribution is -2.33. The summed E-state index contributed by atoms with van der Waals surface area (Å²) in [5.41, 5.74) is 2.61. The van der Waals surface area contributed by atoms with Gasteiger partial charge >= 0.3 is 0 Å². The molecule has 0 bridgehead atoms. The average Bonchev–Trinajstić information content (AvgIpc) is 2.84. The molecule has 0 atom stereocenters. The van der Waals surface area contributed by atoms with Crippen LogP contribution in [0.1, 0.15) is 11.1 Å². The number of hydrogen-bond acceptors (Lipinski definition) is 1. The summed E-state index contributed by atoms with van der Waals surface area (Å²) < 4.78 is 0. The van der Waals surface area contributed by atoms with E-state index in [-0.39, 0.29) is 0 Å². The van der Waals surface area contributed by atoms with Crippen LogP contribution in [0.15, 0.2) is 42.6 Å². The van der Waals surface area contributed by atoms with Gasteiger partial charge in [-0.2, -0.15) is 0 Å². The molecule has 0 aliphatic carbocycles. The SMILES string of the molecule is C1=c2[nH]cc(C/C=C/c3ccccc3)c2=CCN1. The number of fused-ring (bicyclic) bond motifs is 1. The number of H-pyrrole nitrogens is 1. The fraction of sp³-hybridized carbons (Fsp3) is 0.125. The van der Waals surface area contributed by atoms with Crippen molar-refractivity contribution in [2.45, 2.75) is 6.42 Å². The molecule has 2 nitrogen and oxygen atoms in total. The van der Waals surface area contributed by atoms with E-state index < -0.39 is 0 Å². The van der Waals surface area contributed by atoms with Gasteiger partial charge in [0.15, 0.2) is 0 Å². The zero-order chi connectivity index (χ0) is 12.2. The molecule has 90 valence electrons. The Kier molecular flexibility index (Phi) is 3.01. The molecule has 1 aliphatic heterocycles. The number of allylic oxidation sites excluding steroid dienone is 1. The number of hydrogen-bond donors (Lipinski definition) is 2. The maximum atomic E-state index is 3.29. The minimum atomic E-state index is 0.917. The van der Waals surface area contributed by atoms with Gasteiger partial charge in [-0.05, 0) is 17.5 Å². The Morgan fingerprint density at radius 1 is 1.17 bits per heavy atom. The Morgan fingerprint density at radius 2 is 2.06 bits per heavy atom. The molecule has 1 aromatic heterocycles. The molecule has 0 radical (unpaired) electrons. The zero-order valence-corrected chi connectivity index (χ0v) is 10.2. The van der Waals surface area contributed by atoms with E-state index in [0.29, 0.717) is 0 Å². The highest BCUT2D eigenvalue weighted by atomic mass is 14.8. The molecule has 0 amide bonds. The van der Waals surface area contributed by atoms with Crippen LogP contribution in [0.2, 0.25) is 0 Å². The summed E-state index contributed by atoms with van der Waals surface area (Å²) in [7, 11) is 0. The third kappa shape index (κ3) is 2.23. The molecule has 2 heterocycles. The van der Waals surface area contributed by atoms with Crippen LogP contribution in [-0.4, -0.2) is 11.5 Å². The second kappa shape index (κ2) is 4.96. The summed E-state index contributed by atoms with van der Waals surface area (Å²) >= 11 is 0. The van der Waals surface area contributed by atoms with E-state index in [2.05, 4.69) is 59.0 Å². The first-order valence-corrected chi connectivity index (χ1v) is 6.25. The van der Waals surface area contributed by atoms with Crippen LogP contribution in [-0.2, 0) is 6.42 Å². The Labute approximate surface area is 106 Å². The maximum absolute atomic E-state index is 3.29. The van der Waals surface area contributed by atoms with Gasteiger partial charge in [-0.25, -0.2) is 0 Å². The van der Waals surface area contributed by atoms with Crippen molar-refractivity contribution >= 4 is 18.4 Å². The van der Waals surface area contributed by atoms with Gasteiger partial charge in [-0.15, -0.1) is 0 Å². The van der Waals surface area contributed by atoms with Gasteiger partial charge in [0, 0.05) is 24.2 Å². The summed E-state index contributed by atoms with van der Waals surface area (Å²) in [6, 6.07) is 10.4. The van der Waals surface area contributed by atoms with Crippen molar-refractivity contribution in [2.75, 3.05) is 6.54 Å². The summed E-state index contributed by atoms with van der Waals surface area (Å²) in [5.74, 6) is 0. The molecule has 0 saturated heterocycles. The van der Waals surface area contributed by atoms with Crippen molar-refractivity contribution in [3.8, 4) is 0 Å². The number of nitrogens with one attached hydrogen (secondary N) is 2. The van der Waals surface area contributed by atoms with Crippen LogP contribution in [0, 0.1) is 0 Å². The van der Waals surface area contributed by atoms with Crippen LogP contribution in [0.4, 0.5) is 0 Å². The number of benzene rings is 1. The van der Waals surface area contributed by atoms with Gasteiger partial charge in [0.25, 0.3) is 0 Å². The topological polar surface area (TPSA) is 27.8 Å². The molecule has 0 saturated carbocycles. The summed E-state index contributed by atoms with van der Waals surface area (Å²) in [6.07, 6.45) is 11.7. The molecule has 2 heteroatoms. The largest absolute Gasteiger partial charge is 0.386 e. The third-order valence-corrected chi connectivity index (χ3v) is 3.16. The zero-order valence-electron chi connectivity index (χ0n) is 10.2. The van der Waals surface area contributed by atoms with Gasteiger partial charge in [0.05, 0.1) is 5.35 Å². The minimum Gasteiger partial charge on any atom is -0.386 e. The van der Waals surface area contributed by atoms with Gasteiger partial charge in [-0.1, -0.05) is 48.6 Å². The highest BCUT2D eigenvalue weighted by molar-refractivity contribution is 5.49. The first kappa shape index (κ1) is 10.9. The van der Waals surface area contributed by atoms with Crippen molar-refractivity contribution in [2.24, 2.45) is 0 Å². The lowest BCUT2D eigenvalue weighted by Gasteiger charge is -1.99. The van der Waals surface area contributed by atoms with E-state index in [1.54, 1.807) is 0 Å². The van der Waals surface area contributed by atoms with Gasteiger partial charge in [-0.3, -0.25) is 0 Å². The Bertz CT molecular complexity index is 663. The molecular weight excluding hydrogens is 220 g/mol. The molecule has 1 aromatic carbocycles. The second-order valence-corrected chi connectivity index (χ2v) is 4.42. The van der Waals surface area contributed by atoms with Crippen LogP contribution < -0.4 is 15.9 Å². The maximum Gasteiger partial charge on any atom is 0.0613 e. The Balaban J connectivity index is 1.79. The Hall–Kier alpha value is -2.22. The lowest BCUT2D eigenvalue weighted by atomic mass is 10.1. The van der Waals surface area contributed by atoms with E-state index in [4.69, 9.17) is 0 Å². The van der Waals surface area contributed by atoms with Crippen LogP contribution in [0.5, 0.6) is 0 Å². The highest BCUT2D eigenvalue weighted by Gasteiger charge is 1.99. The average molecular weight is 236 g/mol. The predicted octanol–water partition coefficient (Wildman–Crippen LogP) is 1.39. The van der Waals surface area contributed by atoms with Crippen LogP contribution in [0.3, 0.4) is 0 Å². The predicted molar refractivity (Wildman–Crippen MR) is 76.2 cm³/mol. The smallest absolute Gasteiger partial charge is 0.0613 e. The molecular formula is C16H16N2. The number of rotatable bonds is 3. The molecule has 18 heavy (non-hydrogen) atoms. The summed E-state index contributed by atoms with van der Waals surface area (Å²) in [4.78, 5) is 3.29. The van der Waals surface area contributed by atoms with Crippen molar-refractivity contribution in [1.29, 1.82) is 0 Å². The van der Waals surface area contributed by atoms with E-state index in [0.717, 1.165) is 13.0 Å². The molecule has 2 N–H and O–H groups in total. The molecule has 0 unspecified atom stereocenters. The second-order valence-electron chi connectivity index (χ2n) is 4.42. The first-order valence-electron chi connectivity index (χ1n) is 6.25. The number of aromatic amines is 1. The Morgan fingerprint density at radius 3 is 2.94 bits per heavy atom. The van der Waals surface area contributed by atoms with Gasteiger partial charge in [0.2, 0.25) is 0 Å². The first-order chi connectivity index (χ1) is 8.93. The number of aromatic nitrogens is 1. The molecule has 1 aliphatic rings. The molecule has 2 aromatic rings. The van der Waals surface area contributed by atoms with Crippen molar-refractivity contribution in [3.63, 3.8) is 0 Å². The monoisotopic (exact) mass is 236 g/mol. The van der Waals surface area contributed by atoms with E-state index in [9.17, 15) is 0 Å². The molecule has 0 fully saturated rings. The minimum absolute atomic E-state index is 0.917. The van der Waals surface area contributed by atoms with Crippen molar-refractivity contribution < 1.29 is 0 Å². The van der Waals surface area contributed by atoms with Crippen molar-refractivity contribution in [1.82, 2.24) is 10.3 Å².